The lowest BCUT2D eigenvalue weighted by atomic mass is 10.2. The fraction of sp³-hybridized carbons (Fsp3) is 0.562. The van der Waals surface area contributed by atoms with Crippen molar-refractivity contribution in [3.63, 3.8) is 0 Å². The zero-order chi connectivity index (χ0) is 18.4. The first kappa shape index (κ1) is 20.0. The zero-order valence-corrected chi connectivity index (χ0v) is 16.0. The predicted molar refractivity (Wildman–Crippen MR) is 98.5 cm³/mol. The summed E-state index contributed by atoms with van der Waals surface area (Å²) in [5, 5.41) is 3.31. The highest BCUT2D eigenvalue weighted by Crippen LogP contribution is 2.22. The second-order valence-electron chi connectivity index (χ2n) is 5.96. The molecule has 140 valence electrons. The molecule has 1 aliphatic heterocycles. The van der Waals surface area contributed by atoms with Crippen molar-refractivity contribution in [2.75, 3.05) is 50.0 Å². The molecular weight excluding hydrogens is 366 g/mol. The fourth-order valence-corrected chi connectivity index (χ4v) is 4.01. The minimum Gasteiger partial charge on any atom is -0.379 e. The standard InChI is InChI=1S/C16H24ClN3O4S/c1-13(16(21)18-7-8-19-9-11-24-12-10-19)20(25(2,22)23)15-5-3-14(17)4-6-15/h3-6,13H,7-12H2,1-2H3,(H,18,21). The Kier molecular flexibility index (Phi) is 7.06. The second-order valence-corrected chi connectivity index (χ2v) is 8.25. The summed E-state index contributed by atoms with van der Waals surface area (Å²) in [5.74, 6) is -0.339. The molecule has 1 fully saturated rings. The molecule has 25 heavy (non-hydrogen) atoms. The summed E-state index contributed by atoms with van der Waals surface area (Å²) in [6, 6.07) is 5.50. The number of ether oxygens (including phenoxy) is 1. The van der Waals surface area contributed by atoms with Crippen molar-refractivity contribution in [3.8, 4) is 0 Å². The molecule has 1 amide bonds. The Balaban J connectivity index is 1.99. The molecule has 0 aromatic heterocycles. The third-order valence-electron chi connectivity index (χ3n) is 4.00. The fourth-order valence-electron chi connectivity index (χ4n) is 2.71. The minimum absolute atomic E-state index is 0.339. The van der Waals surface area contributed by atoms with Crippen LogP contribution in [0.5, 0.6) is 0 Å². The number of carbonyl (C=O) groups excluding carboxylic acids is 1. The molecule has 2 rings (SSSR count). The van der Waals surface area contributed by atoms with E-state index in [1.165, 1.54) is 0 Å². The summed E-state index contributed by atoms with van der Waals surface area (Å²) in [6.45, 7) is 5.81. The molecule has 0 bridgehead atoms. The molecule has 1 saturated heterocycles. The number of sulfonamides is 1. The van der Waals surface area contributed by atoms with Crippen LogP contribution in [-0.2, 0) is 19.6 Å². The summed E-state index contributed by atoms with van der Waals surface area (Å²) < 4.78 is 30.7. The maximum Gasteiger partial charge on any atom is 0.243 e. The molecule has 1 unspecified atom stereocenters. The number of morpholine rings is 1. The van der Waals surface area contributed by atoms with Gasteiger partial charge >= 0.3 is 0 Å². The highest BCUT2D eigenvalue weighted by atomic mass is 35.5. The van der Waals surface area contributed by atoms with E-state index in [4.69, 9.17) is 16.3 Å². The summed E-state index contributed by atoms with van der Waals surface area (Å²) >= 11 is 5.85. The molecular formula is C16H24ClN3O4S. The topological polar surface area (TPSA) is 79.0 Å². The van der Waals surface area contributed by atoms with Gasteiger partial charge in [-0.15, -0.1) is 0 Å². The Bertz CT molecular complexity index is 675. The van der Waals surface area contributed by atoms with Gasteiger partial charge < -0.3 is 10.1 Å². The van der Waals surface area contributed by atoms with Gasteiger partial charge in [-0.3, -0.25) is 14.0 Å². The van der Waals surface area contributed by atoms with Crippen molar-refractivity contribution in [1.29, 1.82) is 0 Å². The van der Waals surface area contributed by atoms with Crippen LogP contribution in [0.15, 0.2) is 24.3 Å². The number of carbonyl (C=O) groups is 1. The number of nitrogens with zero attached hydrogens (tertiary/aromatic N) is 2. The Morgan fingerprint density at radius 3 is 2.48 bits per heavy atom. The summed E-state index contributed by atoms with van der Waals surface area (Å²) in [4.78, 5) is 14.6. The number of hydrogen-bond acceptors (Lipinski definition) is 5. The van der Waals surface area contributed by atoms with Crippen molar-refractivity contribution in [1.82, 2.24) is 10.2 Å². The number of nitrogens with one attached hydrogen (secondary N) is 1. The normalized spacial score (nSPS) is 17.1. The number of hydrogen-bond donors (Lipinski definition) is 1. The van der Waals surface area contributed by atoms with Crippen LogP contribution in [0.1, 0.15) is 6.92 Å². The van der Waals surface area contributed by atoms with Gasteiger partial charge in [0.15, 0.2) is 0 Å². The van der Waals surface area contributed by atoms with E-state index < -0.39 is 16.1 Å². The van der Waals surface area contributed by atoms with E-state index in [1.807, 2.05) is 0 Å². The van der Waals surface area contributed by atoms with Gasteiger partial charge in [0, 0.05) is 31.2 Å². The third-order valence-corrected chi connectivity index (χ3v) is 5.49. The van der Waals surface area contributed by atoms with Crippen LogP contribution in [0.25, 0.3) is 0 Å². The monoisotopic (exact) mass is 389 g/mol. The van der Waals surface area contributed by atoms with Crippen LogP contribution < -0.4 is 9.62 Å². The van der Waals surface area contributed by atoms with Crippen LogP contribution in [0.4, 0.5) is 5.69 Å². The summed E-state index contributed by atoms with van der Waals surface area (Å²) in [7, 11) is -3.62. The molecule has 1 atom stereocenters. The van der Waals surface area contributed by atoms with Crippen molar-refractivity contribution >= 4 is 33.2 Å². The summed E-state index contributed by atoms with van der Waals surface area (Å²) in [6.07, 6.45) is 1.08. The highest BCUT2D eigenvalue weighted by Gasteiger charge is 2.29. The quantitative estimate of drug-likeness (QED) is 0.751. The zero-order valence-electron chi connectivity index (χ0n) is 14.4. The van der Waals surface area contributed by atoms with E-state index in [1.54, 1.807) is 31.2 Å². The second kappa shape index (κ2) is 8.84. The maximum atomic E-state index is 12.4. The third kappa shape index (κ3) is 5.85. The highest BCUT2D eigenvalue weighted by molar-refractivity contribution is 7.92. The van der Waals surface area contributed by atoms with Gasteiger partial charge in [0.05, 0.1) is 25.2 Å². The van der Waals surface area contributed by atoms with Crippen molar-refractivity contribution in [3.05, 3.63) is 29.3 Å². The molecule has 0 aliphatic carbocycles. The van der Waals surface area contributed by atoms with Gasteiger partial charge in [-0.1, -0.05) is 11.6 Å². The first-order chi connectivity index (χ1) is 11.8. The SMILES string of the molecule is CC(C(=O)NCCN1CCOCC1)N(c1ccc(Cl)cc1)S(C)(=O)=O. The Morgan fingerprint density at radius 1 is 1.32 bits per heavy atom. The molecule has 1 N–H and O–H groups in total. The van der Waals surface area contributed by atoms with Crippen LogP contribution in [0.2, 0.25) is 5.02 Å². The van der Waals surface area contributed by atoms with Crippen molar-refractivity contribution < 1.29 is 17.9 Å². The molecule has 1 aliphatic rings. The lowest BCUT2D eigenvalue weighted by Gasteiger charge is -2.29. The summed E-state index contributed by atoms with van der Waals surface area (Å²) in [5.41, 5.74) is 0.405. The average Bonchev–Trinajstić information content (AvgIpc) is 2.56. The largest absolute Gasteiger partial charge is 0.379 e. The van der Waals surface area contributed by atoms with Crippen molar-refractivity contribution in [2.45, 2.75) is 13.0 Å². The molecule has 0 spiro atoms. The lowest BCUT2D eigenvalue weighted by molar-refractivity contribution is -0.121. The van der Waals surface area contributed by atoms with E-state index in [0.717, 1.165) is 23.7 Å². The van der Waals surface area contributed by atoms with E-state index in [2.05, 4.69) is 10.2 Å². The molecule has 1 aromatic rings. The van der Waals surface area contributed by atoms with Crippen LogP contribution in [-0.4, -0.2) is 70.9 Å². The van der Waals surface area contributed by atoms with E-state index in [0.29, 0.717) is 37.0 Å². The van der Waals surface area contributed by atoms with Crippen molar-refractivity contribution in [2.24, 2.45) is 0 Å². The number of amides is 1. The number of halogens is 1. The minimum atomic E-state index is -3.62. The van der Waals surface area contributed by atoms with Crippen LogP contribution in [0.3, 0.4) is 0 Å². The maximum absolute atomic E-state index is 12.4. The molecule has 9 heteroatoms. The molecule has 0 saturated carbocycles. The van der Waals surface area contributed by atoms with E-state index in [9.17, 15) is 13.2 Å². The molecule has 7 nitrogen and oxygen atoms in total. The first-order valence-electron chi connectivity index (χ1n) is 8.12. The lowest BCUT2D eigenvalue weighted by Crippen LogP contribution is -2.49. The smallest absolute Gasteiger partial charge is 0.243 e. The van der Waals surface area contributed by atoms with Crippen LogP contribution in [0, 0.1) is 0 Å². The predicted octanol–water partition coefficient (Wildman–Crippen LogP) is 0.943. The van der Waals surface area contributed by atoms with Gasteiger partial charge in [0.1, 0.15) is 6.04 Å². The Morgan fingerprint density at radius 2 is 1.92 bits per heavy atom. The van der Waals surface area contributed by atoms with Gasteiger partial charge in [-0.25, -0.2) is 8.42 Å². The van der Waals surface area contributed by atoms with Gasteiger partial charge in [-0.05, 0) is 31.2 Å². The number of benzene rings is 1. The van der Waals surface area contributed by atoms with E-state index >= 15 is 0 Å². The average molecular weight is 390 g/mol. The number of anilines is 1. The van der Waals surface area contributed by atoms with Gasteiger partial charge in [0.25, 0.3) is 0 Å². The molecule has 1 heterocycles. The first-order valence-corrected chi connectivity index (χ1v) is 10.3. The van der Waals surface area contributed by atoms with Gasteiger partial charge in [-0.2, -0.15) is 0 Å². The number of rotatable bonds is 7. The van der Waals surface area contributed by atoms with E-state index in [-0.39, 0.29) is 5.91 Å². The Labute approximate surface area is 153 Å². The Hall–Kier alpha value is -1.35. The molecule has 1 aromatic carbocycles. The van der Waals surface area contributed by atoms with Gasteiger partial charge in [0.2, 0.25) is 15.9 Å². The molecule has 0 radical (unpaired) electrons. The van der Waals surface area contributed by atoms with Crippen LogP contribution >= 0.6 is 11.6 Å².